The van der Waals surface area contributed by atoms with Gasteiger partial charge in [-0.25, -0.2) is 4.79 Å². The number of hydrogen-bond donors (Lipinski definition) is 2. The summed E-state index contributed by atoms with van der Waals surface area (Å²) < 4.78 is 5.19. The average Bonchev–Trinajstić information content (AvgIpc) is 3.40. The van der Waals surface area contributed by atoms with E-state index in [-0.39, 0.29) is 11.4 Å². The minimum atomic E-state index is -0.137. The van der Waals surface area contributed by atoms with Gasteiger partial charge in [-0.1, -0.05) is 12.1 Å². The van der Waals surface area contributed by atoms with Crippen molar-refractivity contribution in [3.63, 3.8) is 0 Å². The van der Waals surface area contributed by atoms with Crippen LogP contribution in [0, 0.1) is 0 Å². The van der Waals surface area contributed by atoms with Gasteiger partial charge >= 0.3 is 6.03 Å². The predicted octanol–water partition coefficient (Wildman–Crippen LogP) is 2.62. The Morgan fingerprint density at radius 2 is 1.83 bits per heavy atom. The first kappa shape index (κ1) is 15.3. The Kier molecular flexibility index (Phi) is 4.46. The van der Waals surface area contributed by atoms with E-state index in [1.54, 1.807) is 19.5 Å². The third kappa shape index (κ3) is 3.80. The molecular formula is C18H21N3O2. The second kappa shape index (κ2) is 6.69. The number of ether oxygens (including phenoxy) is 1. The van der Waals surface area contributed by atoms with Gasteiger partial charge in [-0.2, -0.15) is 0 Å². The summed E-state index contributed by atoms with van der Waals surface area (Å²) in [7, 11) is 1.66. The highest BCUT2D eigenvalue weighted by atomic mass is 16.5. The molecule has 2 N–H and O–H groups in total. The van der Waals surface area contributed by atoms with Crippen molar-refractivity contribution in [3.05, 3.63) is 59.9 Å². The van der Waals surface area contributed by atoms with Crippen LogP contribution in [0.5, 0.6) is 5.75 Å². The highest BCUT2D eigenvalue weighted by Gasteiger charge is 2.44. The number of carbonyl (C=O) groups excluding carboxylic acids is 1. The van der Waals surface area contributed by atoms with Crippen molar-refractivity contribution < 1.29 is 9.53 Å². The van der Waals surface area contributed by atoms with Gasteiger partial charge in [-0.3, -0.25) is 4.98 Å². The highest BCUT2D eigenvalue weighted by Crippen LogP contribution is 2.47. The van der Waals surface area contributed by atoms with Crippen LogP contribution < -0.4 is 15.4 Å². The van der Waals surface area contributed by atoms with Crippen LogP contribution in [0.4, 0.5) is 4.79 Å². The first-order valence-electron chi connectivity index (χ1n) is 7.77. The van der Waals surface area contributed by atoms with Crippen LogP contribution in [0.25, 0.3) is 0 Å². The van der Waals surface area contributed by atoms with Crippen LogP contribution in [0.15, 0.2) is 48.8 Å². The van der Waals surface area contributed by atoms with Crippen molar-refractivity contribution in [1.29, 1.82) is 0 Å². The molecule has 1 aromatic carbocycles. The number of pyridine rings is 1. The summed E-state index contributed by atoms with van der Waals surface area (Å²) in [4.78, 5) is 15.9. The smallest absolute Gasteiger partial charge is 0.315 e. The molecule has 1 aliphatic carbocycles. The molecule has 5 heteroatoms. The summed E-state index contributed by atoms with van der Waals surface area (Å²) in [6, 6.07) is 11.8. The summed E-state index contributed by atoms with van der Waals surface area (Å²) in [5.41, 5.74) is 2.37. The number of carbonyl (C=O) groups is 1. The number of amides is 2. The third-order valence-corrected chi connectivity index (χ3v) is 4.35. The van der Waals surface area contributed by atoms with Crippen molar-refractivity contribution in [2.45, 2.75) is 24.8 Å². The molecule has 120 valence electrons. The molecule has 0 aliphatic heterocycles. The second-order valence-corrected chi connectivity index (χ2v) is 5.90. The van der Waals surface area contributed by atoms with E-state index < -0.39 is 0 Å². The molecule has 1 fully saturated rings. The number of benzene rings is 1. The van der Waals surface area contributed by atoms with Crippen LogP contribution in [0.2, 0.25) is 0 Å². The maximum atomic E-state index is 12.0. The summed E-state index contributed by atoms with van der Waals surface area (Å²) >= 11 is 0. The highest BCUT2D eigenvalue weighted by molar-refractivity contribution is 5.74. The van der Waals surface area contributed by atoms with Crippen molar-refractivity contribution in [3.8, 4) is 5.75 Å². The van der Waals surface area contributed by atoms with Crippen molar-refractivity contribution in [2.24, 2.45) is 0 Å². The number of nitrogens with one attached hydrogen (secondary N) is 2. The lowest BCUT2D eigenvalue weighted by molar-refractivity contribution is 0.239. The standard InChI is InChI=1S/C18H21N3O2/c1-23-16-4-2-15(3-5-16)18(8-9-18)13-21-17(22)20-12-14-6-10-19-11-7-14/h2-7,10-11H,8-9,12-13H2,1H3,(H2,20,21,22). The minimum Gasteiger partial charge on any atom is -0.497 e. The van der Waals surface area contributed by atoms with Gasteiger partial charge in [0.2, 0.25) is 0 Å². The van der Waals surface area contributed by atoms with E-state index in [0.29, 0.717) is 13.1 Å². The molecule has 0 spiro atoms. The summed E-state index contributed by atoms with van der Waals surface area (Å²) in [5.74, 6) is 0.854. The fraction of sp³-hybridized carbons (Fsp3) is 0.333. The van der Waals surface area contributed by atoms with E-state index in [4.69, 9.17) is 4.74 Å². The third-order valence-electron chi connectivity index (χ3n) is 4.35. The molecule has 1 saturated carbocycles. The first-order valence-corrected chi connectivity index (χ1v) is 7.77. The van der Waals surface area contributed by atoms with Crippen molar-refractivity contribution in [1.82, 2.24) is 15.6 Å². The molecule has 1 heterocycles. The summed E-state index contributed by atoms with van der Waals surface area (Å²) in [6.45, 7) is 1.16. The molecule has 0 radical (unpaired) electrons. The largest absolute Gasteiger partial charge is 0.497 e. The number of urea groups is 1. The zero-order valence-corrected chi connectivity index (χ0v) is 13.2. The zero-order chi connectivity index (χ0) is 16.1. The number of aromatic nitrogens is 1. The van der Waals surface area contributed by atoms with E-state index in [2.05, 4.69) is 27.8 Å². The molecule has 2 amide bonds. The quantitative estimate of drug-likeness (QED) is 0.862. The fourth-order valence-electron chi connectivity index (χ4n) is 2.66. The normalized spacial score (nSPS) is 14.8. The number of methoxy groups -OCH3 is 1. The molecule has 0 atom stereocenters. The number of nitrogens with zero attached hydrogens (tertiary/aromatic N) is 1. The van der Waals surface area contributed by atoms with E-state index in [0.717, 1.165) is 24.2 Å². The molecule has 5 nitrogen and oxygen atoms in total. The lowest BCUT2D eigenvalue weighted by atomic mass is 9.96. The molecule has 3 rings (SSSR count). The molecule has 1 aliphatic rings. The minimum absolute atomic E-state index is 0.0836. The maximum absolute atomic E-state index is 12.0. The van der Waals surface area contributed by atoms with Gasteiger partial charge in [0.15, 0.2) is 0 Å². The predicted molar refractivity (Wildman–Crippen MR) is 88.4 cm³/mol. The topological polar surface area (TPSA) is 63.2 Å². The molecule has 0 bridgehead atoms. The van der Waals surface area contributed by atoms with Crippen LogP contribution >= 0.6 is 0 Å². The maximum Gasteiger partial charge on any atom is 0.315 e. The Hall–Kier alpha value is -2.56. The van der Waals surface area contributed by atoms with E-state index >= 15 is 0 Å². The van der Waals surface area contributed by atoms with Crippen molar-refractivity contribution >= 4 is 6.03 Å². The van der Waals surface area contributed by atoms with Gasteiger partial charge in [0.05, 0.1) is 7.11 Å². The Labute approximate surface area is 136 Å². The summed E-state index contributed by atoms with van der Waals surface area (Å²) in [5, 5.41) is 5.86. The first-order chi connectivity index (χ1) is 11.2. The van der Waals surface area contributed by atoms with Crippen LogP contribution in [-0.4, -0.2) is 24.7 Å². The van der Waals surface area contributed by atoms with Gasteiger partial charge in [-0.05, 0) is 48.2 Å². The van der Waals surface area contributed by atoms with E-state index in [1.807, 2.05) is 24.3 Å². The second-order valence-electron chi connectivity index (χ2n) is 5.90. The van der Waals surface area contributed by atoms with E-state index in [9.17, 15) is 4.79 Å². The Morgan fingerprint density at radius 1 is 1.13 bits per heavy atom. The van der Waals surface area contributed by atoms with E-state index in [1.165, 1.54) is 5.56 Å². The Bertz CT molecular complexity index is 652. The SMILES string of the molecule is COc1ccc(C2(CNC(=O)NCc3ccncc3)CC2)cc1. The summed E-state index contributed by atoms with van der Waals surface area (Å²) in [6.07, 6.45) is 5.64. The van der Waals surface area contributed by atoms with Gasteiger partial charge < -0.3 is 15.4 Å². The number of hydrogen-bond acceptors (Lipinski definition) is 3. The van der Waals surface area contributed by atoms with Crippen molar-refractivity contribution in [2.75, 3.05) is 13.7 Å². The molecule has 0 saturated heterocycles. The van der Waals surface area contributed by atoms with Gasteiger partial charge in [0.1, 0.15) is 5.75 Å². The molecule has 1 aromatic heterocycles. The Balaban J connectivity index is 1.50. The fourth-order valence-corrected chi connectivity index (χ4v) is 2.66. The lowest BCUT2D eigenvalue weighted by Gasteiger charge is -2.17. The molecule has 2 aromatic rings. The van der Waals surface area contributed by atoms with Gasteiger partial charge in [0.25, 0.3) is 0 Å². The monoisotopic (exact) mass is 311 g/mol. The van der Waals surface area contributed by atoms with Crippen LogP contribution in [0.3, 0.4) is 0 Å². The molecular weight excluding hydrogens is 290 g/mol. The zero-order valence-electron chi connectivity index (χ0n) is 13.2. The van der Waals surface area contributed by atoms with Gasteiger partial charge in [0, 0.05) is 30.9 Å². The molecule has 23 heavy (non-hydrogen) atoms. The van der Waals surface area contributed by atoms with Crippen LogP contribution in [-0.2, 0) is 12.0 Å². The Morgan fingerprint density at radius 3 is 2.43 bits per heavy atom. The average molecular weight is 311 g/mol. The molecule has 0 unspecified atom stereocenters. The van der Waals surface area contributed by atoms with Crippen LogP contribution in [0.1, 0.15) is 24.0 Å². The van der Waals surface area contributed by atoms with Gasteiger partial charge in [-0.15, -0.1) is 0 Å². The number of rotatable bonds is 6. The lowest BCUT2D eigenvalue weighted by Crippen LogP contribution is -2.39.